The Morgan fingerprint density at radius 2 is 2.14 bits per heavy atom. The topological polar surface area (TPSA) is 26.0 Å². The van der Waals surface area contributed by atoms with Gasteiger partial charge in [-0.05, 0) is 30.9 Å². The molecule has 0 unspecified atom stereocenters. The summed E-state index contributed by atoms with van der Waals surface area (Å²) >= 11 is 4.96. The number of unbranched alkanes of at least 4 members (excludes halogenated alkanes) is 1. The van der Waals surface area contributed by atoms with Crippen molar-refractivity contribution >= 4 is 17.2 Å². The quantitative estimate of drug-likeness (QED) is 0.768. The SMILES string of the molecule is CCCCc1ccc(C(N)=S)c(C)c1. The normalized spacial score (nSPS) is 10.1. The monoisotopic (exact) mass is 207 g/mol. The molecule has 1 aromatic carbocycles. The first-order valence-electron chi connectivity index (χ1n) is 5.04. The highest BCUT2D eigenvalue weighted by molar-refractivity contribution is 7.80. The van der Waals surface area contributed by atoms with Crippen LogP contribution in [0.5, 0.6) is 0 Å². The molecule has 0 amide bonds. The molecule has 1 aromatic rings. The van der Waals surface area contributed by atoms with Crippen molar-refractivity contribution in [2.45, 2.75) is 33.1 Å². The lowest BCUT2D eigenvalue weighted by atomic mass is 10.0. The van der Waals surface area contributed by atoms with Gasteiger partial charge >= 0.3 is 0 Å². The molecular weight excluding hydrogens is 190 g/mol. The van der Waals surface area contributed by atoms with Crippen molar-refractivity contribution < 1.29 is 0 Å². The fourth-order valence-electron chi connectivity index (χ4n) is 1.54. The van der Waals surface area contributed by atoms with E-state index in [9.17, 15) is 0 Å². The maximum Gasteiger partial charge on any atom is 0.104 e. The van der Waals surface area contributed by atoms with Crippen LogP contribution in [0.4, 0.5) is 0 Å². The summed E-state index contributed by atoms with van der Waals surface area (Å²) in [5, 5.41) is 0. The zero-order valence-electron chi connectivity index (χ0n) is 8.84. The van der Waals surface area contributed by atoms with Crippen molar-refractivity contribution in [2.75, 3.05) is 0 Å². The highest BCUT2D eigenvalue weighted by atomic mass is 32.1. The number of hydrogen-bond donors (Lipinski definition) is 1. The van der Waals surface area contributed by atoms with Crippen LogP contribution in [-0.2, 0) is 6.42 Å². The Kier molecular flexibility index (Phi) is 4.08. The first kappa shape index (κ1) is 11.2. The maximum absolute atomic E-state index is 5.60. The second-order valence-corrected chi connectivity index (χ2v) is 4.06. The summed E-state index contributed by atoms with van der Waals surface area (Å²) in [4.78, 5) is 0.490. The Bertz CT molecular complexity index is 331. The van der Waals surface area contributed by atoms with Gasteiger partial charge in [-0.1, -0.05) is 43.8 Å². The van der Waals surface area contributed by atoms with Crippen LogP contribution < -0.4 is 5.73 Å². The van der Waals surface area contributed by atoms with Crippen molar-refractivity contribution in [3.8, 4) is 0 Å². The van der Waals surface area contributed by atoms with Crippen LogP contribution >= 0.6 is 12.2 Å². The minimum Gasteiger partial charge on any atom is -0.389 e. The minimum absolute atomic E-state index is 0.490. The Morgan fingerprint density at radius 1 is 1.43 bits per heavy atom. The molecule has 1 nitrogen and oxygen atoms in total. The summed E-state index contributed by atoms with van der Waals surface area (Å²) in [6.07, 6.45) is 3.62. The van der Waals surface area contributed by atoms with Gasteiger partial charge in [-0.15, -0.1) is 0 Å². The van der Waals surface area contributed by atoms with Gasteiger partial charge in [0.25, 0.3) is 0 Å². The van der Waals surface area contributed by atoms with Gasteiger partial charge in [0.15, 0.2) is 0 Å². The Balaban J connectivity index is 2.83. The van der Waals surface area contributed by atoms with E-state index in [0.717, 1.165) is 12.0 Å². The van der Waals surface area contributed by atoms with E-state index in [2.05, 4.69) is 26.0 Å². The second kappa shape index (κ2) is 5.11. The zero-order valence-corrected chi connectivity index (χ0v) is 9.66. The summed E-state index contributed by atoms with van der Waals surface area (Å²) in [6.45, 7) is 4.26. The van der Waals surface area contributed by atoms with Gasteiger partial charge in [-0.3, -0.25) is 0 Å². The van der Waals surface area contributed by atoms with Crippen molar-refractivity contribution in [1.29, 1.82) is 0 Å². The zero-order chi connectivity index (χ0) is 10.6. The standard InChI is InChI=1S/C12H17NS/c1-3-4-5-10-6-7-11(12(13)14)9(2)8-10/h6-8H,3-5H2,1-2H3,(H2,13,14). The molecule has 1 rings (SSSR count). The predicted octanol–water partition coefficient (Wildman–Crippen LogP) is 2.97. The van der Waals surface area contributed by atoms with Crippen molar-refractivity contribution in [3.63, 3.8) is 0 Å². The van der Waals surface area contributed by atoms with Crippen LogP contribution in [0, 0.1) is 6.92 Å². The lowest BCUT2D eigenvalue weighted by Crippen LogP contribution is -2.11. The van der Waals surface area contributed by atoms with Gasteiger partial charge in [0.05, 0.1) is 0 Å². The van der Waals surface area contributed by atoms with Crippen LogP contribution in [0.1, 0.15) is 36.5 Å². The van der Waals surface area contributed by atoms with E-state index in [1.165, 1.54) is 24.0 Å². The highest BCUT2D eigenvalue weighted by Crippen LogP contribution is 2.13. The minimum atomic E-state index is 0.490. The van der Waals surface area contributed by atoms with Crippen LogP contribution in [0.25, 0.3) is 0 Å². The maximum atomic E-state index is 5.60. The molecule has 0 heterocycles. The molecule has 2 heteroatoms. The van der Waals surface area contributed by atoms with E-state index in [-0.39, 0.29) is 0 Å². The molecule has 2 N–H and O–H groups in total. The van der Waals surface area contributed by atoms with E-state index in [4.69, 9.17) is 18.0 Å². The van der Waals surface area contributed by atoms with E-state index in [0.29, 0.717) is 4.99 Å². The third-order valence-electron chi connectivity index (χ3n) is 2.38. The molecule has 0 bridgehead atoms. The Labute approximate surface area is 91.3 Å². The summed E-state index contributed by atoms with van der Waals surface area (Å²) in [7, 11) is 0. The lowest BCUT2D eigenvalue weighted by Gasteiger charge is -2.06. The molecule has 0 radical (unpaired) electrons. The number of rotatable bonds is 4. The van der Waals surface area contributed by atoms with Crippen LogP contribution in [-0.4, -0.2) is 4.99 Å². The molecule has 0 spiro atoms. The molecule has 0 aliphatic rings. The fraction of sp³-hybridized carbons (Fsp3) is 0.417. The molecular formula is C12H17NS. The second-order valence-electron chi connectivity index (χ2n) is 3.62. The van der Waals surface area contributed by atoms with E-state index in [1.807, 2.05) is 6.07 Å². The molecule has 0 saturated heterocycles. The fourth-order valence-corrected chi connectivity index (χ4v) is 1.77. The van der Waals surface area contributed by atoms with E-state index in [1.54, 1.807) is 0 Å². The molecule has 0 saturated carbocycles. The Morgan fingerprint density at radius 3 is 2.64 bits per heavy atom. The van der Waals surface area contributed by atoms with Crippen molar-refractivity contribution in [3.05, 3.63) is 34.9 Å². The average Bonchev–Trinajstić information content (AvgIpc) is 2.14. The molecule has 14 heavy (non-hydrogen) atoms. The Hall–Kier alpha value is -0.890. The first-order valence-corrected chi connectivity index (χ1v) is 5.45. The predicted molar refractivity (Wildman–Crippen MR) is 65.7 cm³/mol. The molecule has 76 valence electrons. The van der Waals surface area contributed by atoms with Crippen LogP contribution in [0.3, 0.4) is 0 Å². The number of nitrogens with two attached hydrogens (primary N) is 1. The molecule has 0 atom stereocenters. The van der Waals surface area contributed by atoms with Crippen LogP contribution in [0.15, 0.2) is 18.2 Å². The van der Waals surface area contributed by atoms with Gasteiger partial charge in [0.1, 0.15) is 4.99 Å². The lowest BCUT2D eigenvalue weighted by molar-refractivity contribution is 0.794. The summed E-state index contributed by atoms with van der Waals surface area (Å²) < 4.78 is 0. The van der Waals surface area contributed by atoms with Crippen molar-refractivity contribution in [1.82, 2.24) is 0 Å². The smallest absolute Gasteiger partial charge is 0.104 e. The van der Waals surface area contributed by atoms with E-state index >= 15 is 0 Å². The van der Waals surface area contributed by atoms with Gasteiger partial charge in [-0.25, -0.2) is 0 Å². The van der Waals surface area contributed by atoms with Crippen molar-refractivity contribution in [2.24, 2.45) is 5.73 Å². The number of benzene rings is 1. The third-order valence-corrected chi connectivity index (χ3v) is 2.60. The van der Waals surface area contributed by atoms with Gasteiger partial charge in [-0.2, -0.15) is 0 Å². The molecule has 0 aliphatic heterocycles. The number of aryl methyl sites for hydroxylation is 2. The molecule has 0 aromatic heterocycles. The third kappa shape index (κ3) is 2.81. The largest absolute Gasteiger partial charge is 0.389 e. The van der Waals surface area contributed by atoms with Crippen LogP contribution in [0.2, 0.25) is 0 Å². The highest BCUT2D eigenvalue weighted by Gasteiger charge is 2.01. The van der Waals surface area contributed by atoms with Gasteiger partial charge < -0.3 is 5.73 Å². The number of hydrogen-bond acceptors (Lipinski definition) is 1. The summed E-state index contributed by atoms with van der Waals surface area (Å²) in [5.74, 6) is 0. The average molecular weight is 207 g/mol. The van der Waals surface area contributed by atoms with Gasteiger partial charge in [0, 0.05) is 5.56 Å². The first-order chi connectivity index (χ1) is 6.65. The molecule has 0 fully saturated rings. The van der Waals surface area contributed by atoms with Gasteiger partial charge in [0.2, 0.25) is 0 Å². The summed E-state index contributed by atoms with van der Waals surface area (Å²) in [6, 6.07) is 6.34. The summed E-state index contributed by atoms with van der Waals surface area (Å²) in [5.41, 5.74) is 9.16. The van der Waals surface area contributed by atoms with E-state index < -0.39 is 0 Å². The molecule has 0 aliphatic carbocycles. The number of thiocarbonyl (C=S) groups is 1.